The molecule has 1 N–H and O–H groups in total. The summed E-state index contributed by atoms with van der Waals surface area (Å²) < 4.78 is 0. The van der Waals surface area contributed by atoms with Gasteiger partial charge in [0.1, 0.15) is 5.69 Å². The SMILES string of the molecule is O=[N+]([O-])c1ccc(N/N=C2/CCCC[C@H]2C2CCCCCCC2)c([N+](=O)[O-])c1. The van der Waals surface area contributed by atoms with Crippen LogP contribution in [0.25, 0.3) is 0 Å². The second kappa shape index (κ2) is 9.61. The van der Waals surface area contributed by atoms with E-state index in [4.69, 9.17) is 0 Å². The highest BCUT2D eigenvalue weighted by Gasteiger charge is 2.29. The van der Waals surface area contributed by atoms with Crippen LogP contribution in [0.1, 0.15) is 70.6 Å². The van der Waals surface area contributed by atoms with Gasteiger partial charge >= 0.3 is 5.69 Å². The van der Waals surface area contributed by atoms with Crippen LogP contribution in [0.2, 0.25) is 0 Å². The Bertz CT molecular complexity index is 742. The molecular formula is C20H28N4O4. The molecule has 0 radical (unpaired) electrons. The van der Waals surface area contributed by atoms with Gasteiger partial charge in [-0.2, -0.15) is 5.10 Å². The lowest BCUT2D eigenvalue weighted by Gasteiger charge is -2.32. The standard InChI is InChI=1S/C20H28N4O4/c25-23(26)16-12-13-19(20(14-16)24(27)28)22-21-18-11-7-6-10-17(18)15-8-4-2-1-3-5-9-15/h12-15,17,22H,1-11H2/b21-18-/t17-/m0/s1. The molecule has 0 unspecified atom stereocenters. The van der Waals surface area contributed by atoms with Gasteiger partial charge in [0.05, 0.1) is 15.9 Å². The van der Waals surface area contributed by atoms with Gasteiger partial charge in [-0.05, 0) is 44.1 Å². The molecule has 1 atom stereocenters. The fourth-order valence-corrected chi connectivity index (χ4v) is 4.57. The van der Waals surface area contributed by atoms with Crippen molar-refractivity contribution in [1.29, 1.82) is 0 Å². The molecule has 1 aromatic rings. The van der Waals surface area contributed by atoms with Crippen LogP contribution in [0, 0.1) is 32.1 Å². The summed E-state index contributed by atoms with van der Waals surface area (Å²) in [7, 11) is 0. The average Bonchev–Trinajstić information content (AvgIpc) is 2.66. The van der Waals surface area contributed by atoms with E-state index in [1.807, 2.05) is 0 Å². The molecule has 2 saturated carbocycles. The molecule has 1 aromatic carbocycles. The lowest BCUT2D eigenvalue weighted by molar-refractivity contribution is -0.393. The third-order valence-corrected chi connectivity index (χ3v) is 6.05. The van der Waals surface area contributed by atoms with Crippen LogP contribution in [0.5, 0.6) is 0 Å². The van der Waals surface area contributed by atoms with E-state index in [-0.39, 0.29) is 17.1 Å². The number of anilines is 1. The zero-order chi connectivity index (χ0) is 19.9. The molecule has 3 rings (SSSR count). The van der Waals surface area contributed by atoms with Crippen LogP contribution in [-0.4, -0.2) is 15.6 Å². The Kier molecular flexibility index (Phi) is 6.95. The van der Waals surface area contributed by atoms with E-state index >= 15 is 0 Å². The van der Waals surface area contributed by atoms with Gasteiger partial charge in [0, 0.05) is 17.7 Å². The number of nitro benzene ring substituents is 2. The van der Waals surface area contributed by atoms with Gasteiger partial charge in [-0.25, -0.2) is 0 Å². The maximum Gasteiger partial charge on any atom is 0.301 e. The zero-order valence-electron chi connectivity index (χ0n) is 16.1. The van der Waals surface area contributed by atoms with Crippen LogP contribution < -0.4 is 5.43 Å². The van der Waals surface area contributed by atoms with Crippen molar-refractivity contribution in [1.82, 2.24) is 0 Å². The molecule has 2 fully saturated rings. The van der Waals surface area contributed by atoms with E-state index in [1.165, 1.54) is 63.5 Å². The first-order valence-electron chi connectivity index (χ1n) is 10.3. The Balaban J connectivity index is 1.79. The van der Waals surface area contributed by atoms with Gasteiger partial charge in [0.25, 0.3) is 5.69 Å². The Hall–Kier alpha value is -2.51. The molecule has 2 aliphatic carbocycles. The average molecular weight is 388 g/mol. The van der Waals surface area contributed by atoms with Crippen molar-refractivity contribution in [2.45, 2.75) is 70.6 Å². The topological polar surface area (TPSA) is 111 Å². The van der Waals surface area contributed by atoms with Crippen LogP contribution in [-0.2, 0) is 0 Å². The van der Waals surface area contributed by atoms with Gasteiger partial charge < -0.3 is 0 Å². The molecule has 0 saturated heterocycles. The summed E-state index contributed by atoms with van der Waals surface area (Å²) in [6.07, 6.45) is 13.3. The van der Waals surface area contributed by atoms with Crippen LogP contribution >= 0.6 is 0 Å². The zero-order valence-corrected chi connectivity index (χ0v) is 16.1. The highest BCUT2D eigenvalue weighted by molar-refractivity contribution is 5.88. The van der Waals surface area contributed by atoms with E-state index < -0.39 is 9.85 Å². The highest BCUT2D eigenvalue weighted by atomic mass is 16.6. The number of hydrogen-bond acceptors (Lipinski definition) is 6. The van der Waals surface area contributed by atoms with Crippen molar-refractivity contribution in [3.05, 3.63) is 38.4 Å². The molecule has 0 spiro atoms. The number of nitro groups is 2. The molecule has 0 amide bonds. The summed E-state index contributed by atoms with van der Waals surface area (Å²) in [6.45, 7) is 0. The number of nitrogens with zero attached hydrogens (tertiary/aromatic N) is 3. The third-order valence-electron chi connectivity index (χ3n) is 6.05. The Labute approximate surface area is 164 Å². The number of hydrazone groups is 1. The predicted molar refractivity (Wildman–Crippen MR) is 109 cm³/mol. The molecule has 8 nitrogen and oxygen atoms in total. The molecule has 2 aliphatic rings. The van der Waals surface area contributed by atoms with Crippen molar-refractivity contribution in [2.75, 3.05) is 5.43 Å². The Morgan fingerprint density at radius 2 is 1.57 bits per heavy atom. The van der Waals surface area contributed by atoms with Crippen LogP contribution in [0.4, 0.5) is 17.1 Å². The van der Waals surface area contributed by atoms with Crippen molar-refractivity contribution in [2.24, 2.45) is 16.9 Å². The highest BCUT2D eigenvalue weighted by Crippen LogP contribution is 2.36. The fourth-order valence-electron chi connectivity index (χ4n) is 4.57. The first kappa shape index (κ1) is 20.2. The second-order valence-electron chi connectivity index (χ2n) is 7.89. The molecule has 0 aromatic heterocycles. The molecular weight excluding hydrogens is 360 g/mol. The summed E-state index contributed by atoms with van der Waals surface area (Å²) in [5.41, 5.74) is 3.53. The van der Waals surface area contributed by atoms with E-state index in [0.29, 0.717) is 11.8 Å². The number of hydrogen-bond donors (Lipinski definition) is 1. The monoisotopic (exact) mass is 388 g/mol. The Morgan fingerprint density at radius 3 is 2.25 bits per heavy atom. The smallest absolute Gasteiger partial charge is 0.272 e. The summed E-state index contributed by atoms with van der Waals surface area (Å²) in [6, 6.07) is 3.62. The van der Waals surface area contributed by atoms with E-state index in [9.17, 15) is 20.2 Å². The van der Waals surface area contributed by atoms with Crippen LogP contribution in [0.15, 0.2) is 23.3 Å². The van der Waals surface area contributed by atoms with Crippen molar-refractivity contribution in [3.63, 3.8) is 0 Å². The minimum absolute atomic E-state index is 0.199. The van der Waals surface area contributed by atoms with Crippen molar-refractivity contribution < 1.29 is 9.85 Å². The molecule has 0 aliphatic heterocycles. The van der Waals surface area contributed by atoms with Gasteiger partial charge in [-0.15, -0.1) is 0 Å². The van der Waals surface area contributed by atoms with Gasteiger partial charge in [0.15, 0.2) is 0 Å². The molecule has 28 heavy (non-hydrogen) atoms. The quantitative estimate of drug-likeness (QED) is 0.504. The minimum Gasteiger partial charge on any atom is -0.272 e. The van der Waals surface area contributed by atoms with Gasteiger partial charge in [-0.3, -0.25) is 25.7 Å². The summed E-state index contributed by atoms with van der Waals surface area (Å²) >= 11 is 0. The molecule has 0 heterocycles. The van der Waals surface area contributed by atoms with Gasteiger partial charge in [-0.1, -0.05) is 38.5 Å². The molecule has 0 bridgehead atoms. The summed E-state index contributed by atoms with van der Waals surface area (Å²) in [5, 5.41) is 26.8. The number of non-ortho nitro benzene ring substituents is 1. The maximum absolute atomic E-state index is 11.3. The van der Waals surface area contributed by atoms with Crippen LogP contribution in [0.3, 0.4) is 0 Å². The normalized spacial score (nSPS) is 23.0. The Morgan fingerprint density at radius 1 is 0.893 bits per heavy atom. The largest absolute Gasteiger partial charge is 0.301 e. The van der Waals surface area contributed by atoms with Gasteiger partial charge in [0.2, 0.25) is 0 Å². The first-order chi connectivity index (χ1) is 13.6. The van der Waals surface area contributed by atoms with Crippen molar-refractivity contribution in [3.8, 4) is 0 Å². The van der Waals surface area contributed by atoms with E-state index in [1.54, 1.807) is 0 Å². The maximum atomic E-state index is 11.3. The minimum atomic E-state index is -0.630. The summed E-state index contributed by atoms with van der Waals surface area (Å²) in [5.74, 6) is 1.09. The lowest BCUT2D eigenvalue weighted by Crippen LogP contribution is -2.28. The number of benzene rings is 1. The molecule has 8 heteroatoms. The van der Waals surface area contributed by atoms with E-state index in [0.717, 1.165) is 31.0 Å². The van der Waals surface area contributed by atoms with E-state index in [2.05, 4.69) is 10.5 Å². The number of nitrogens with one attached hydrogen (secondary N) is 1. The second-order valence-corrected chi connectivity index (χ2v) is 7.89. The lowest BCUT2D eigenvalue weighted by atomic mass is 9.73. The molecule has 152 valence electrons. The predicted octanol–water partition coefficient (Wildman–Crippen LogP) is 5.82. The third kappa shape index (κ3) is 5.05. The summed E-state index contributed by atoms with van der Waals surface area (Å²) in [4.78, 5) is 21.0. The number of rotatable bonds is 5. The fraction of sp³-hybridized carbons (Fsp3) is 0.650. The van der Waals surface area contributed by atoms with Crippen molar-refractivity contribution >= 4 is 22.8 Å². The first-order valence-corrected chi connectivity index (χ1v) is 10.3.